The van der Waals surface area contributed by atoms with Crippen LogP contribution in [0.25, 0.3) is 0 Å². The van der Waals surface area contributed by atoms with Gasteiger partial charge in [-0.15, -0.1) is 0 Å². The van der Waals surface area contributed by atoms with Crippen molar-refractivity contribution in [1.82, 2.24) is 4.98 Å². The van der Waals surface area contributed by atoms with Crippen LogP contribution in [0.1, 0.15) is 5.69 Å². The number of rotatable bonds is 2. The molecule has 0 fully saturated rings. The van der Waals surface area contributed by atoms with Gasteiger partial charge in [0.25, 0.3) is 0 Å². The van der Waals surface area contributed by atoms with E-state index in [0.29, 0.717) is 0 Å². The summed E-state index contributed by atoms with van der Waals surface area (Å²) in [6.45, 7) is -0.726. The van der Waals surface area contributed by atoms with Crippen molar-refractivity contribution in [2.24, 2.45) is 0 Å². The van der Waals surface area contributed by atoms with Crippen LogP contribution in [0.5, 0.6) is 0 Å². The van der Waals surface area contributed by atoms with Crippen LogP contribution in [0.2, 0.25) is 0 Å². The summed E-state index contributed by atoms with van der Waals surface area (Å²) in [6, 6.07) is 1.29. The lowest BCUT2D eigenvalue weighted by Gasteiger charge is -1.95. The number of pyridine rings is 1. The van der Waals surface area contributed by atoms with Gasteiger partial charge in [0.15, 0.2) is 0 Å². The number of halogens is 2. The Labute approximate surface area is 75.7 Å². The van der Waals surface area contributed by atoms with Gasteiger partial charge in [-0.25, -0.2) is 4.39 Å². The molecule has 1 aromatic heterocycles. The first-order valence-electron chi connectivity index (χ1n) is 3.00. The molecule has 0 unspecified atom stereocenters. The number of nitrogens with zero attached hydrogens (tertiary/aromatic N) is 2. The Morgan fingerprint density at radius 1 is 1.75 bits per heavy atom. The summed E-state index contributed by atoms with van der Waals surface area (Å²) in [6.07, 6.45) is 1.03. The van der Waals surface area contributed by atoms with Crippen LogP contribution in [0.3, 0.4) is 0 Å². The first-order chi connectivity index (χ1) is 5.65. The van der Waals surface area contributed by atoms with E-state index in [4.69, 9.17) is 0 Å². The van der Waals surface area contributed by atoms with E-state index in [2.05, 4.69) is 20.9 Å². The molecule has 0 aromatic carbocycles. The molecule has 12 heavy (non-hydrogen) atoms. The van der Waals surface area contributed by atoms with Crippen molar-refractivity contribution in [2.45, 2.75) is 6.67 Å². The number of hydrogen-bond acceptors (Lipinski definition) is 3. The lowest BCUT2D eigenvalue weighted by molar-refractivity contribution is -0.386. The molecular weight excluding hydrogens is 231 g/mol. The van der Waals surface area contributed by atoms with Crippen LogP contribution in [0.15, 0.2) is 16.7 Å². The van der Waals surface area contributed by atoms with Gasteiger partial charge < -0.3 is 0 Å². The van der Waals surface area contributed by atoms with Crippen molar-refractivity contribution in [2.75, 3.05) is 0 Å². The Kier molecular flexibility index (Phi) is 2.69. The normalized spacial score (nSPS) is 9.83. The van der Waals surface area contributed by atoms with Crippen LogP contribution in [-0.2, 0) is 6.67 Å². The molecule has 64 valence electrons. The van der Waals surface area contributed by atoms with E-state index in [0.717, 1.165) is 6.20 Å². The molecule has 0 N–H and O–H groups in total. The first-order valence-corrected chi connectivity index (χ1v) is 3.79. The SMILES string of the molecule is O=[N+]([O-])c1cnc(CF)cc1Br. The highest BCUT2D eigenvalue weighted by Crippen LogP contribution is 2.23. The molecule has 1 aromatic rings. The summed E-state index contributed by atoms with van der Waals surface area (Å²) >= 11 is 2.94. The fourth-order valence-corrected chi connectivity index (χ4v) is 1.18. The Bertz CT molecular complexity index is 318. The standard InChI is InChI=1S/C6H4BrFN2O2/c7-5-1-4(2-8)9-3-6(5)10(11)12/h1,3H,2H2. The molecular formula is C6H4BrFN2O2. The third-order valence-electron chi connectivity index (χ3n) is 1.22. The summed E-state index contributed by atoms with van der Waals surface area (Å²) in [5.74, 6) is 0. The lowest BCUT2D eigenvalue weighted by Crippen LogP contribution is -1.93. The monoisotopic (exact) mass is 234 g/mol. The second kappa shape index (κ2) is 3.57. The van der Waals surface area contributed by atoms with E-state index >= 15 is 0 Å². The number of alkyl halides is 1. The Balaban J connectivity index is 3.12. The van der Waals surface area contributed by atoms with E-state index in [9.17, 15) is 14.5 Å². The molecule has 4 nitrogen and oxygen atoms in total. The van der Waals surface area contributed by atoms with Crippen LogP contribution in [-0.4, -0.2) is 9.91 Å². The number of nitro groups is 1. The first kappa shape index (κ1) is 9.05. The van der Waals surface area contributed by atoms with Gasteiger partial charge in [0.05, 0.1) is 15.1 Å². The van der Waals surface area contributed by atoms with Crippen molar-refractivity contribution in [1.29, 1.82) is 0 Å². The molecule has 6 heteroatoms. The minimum Gasteiger partial charge on any atom is -0.258 e. The van der Waals surface area contributed by atoms with Crippen LogP contribution in [0.4, 0.5) is 10.1 Å². The average Bonchev–Trinajstić information content (AvgIpc) is 2.03. The molecule has 1 rings (SSSR count). The maximum absolute atomic E-state index is 12.0. The molecule has 0 radical (unpaired) electrons. The Hall–Kier alpha value is -1.04. The Morgan fingerprint density at radius 2 is 2.42 bits per heavy atom. The number of aromatic nitrogens is 1. The second-order valence-electron chi connectivity index (χ2n) is 2.02. The number of hydrogen-bond donors (Lipinski definition) is 0. The highest BCUT2D eigenvalue weighted by molar-refractivity contribution is 9.10. The average molecular weight is 235 g/mol. The summed E-state index contributed by atoms with van der Waals surface area (Å²) in [5, 5.41) is 10.3. The zero-order valence-corrected chi connectivity index (χ0v) is 7.41. The fraction of sp³-hybridized carbons (Fsp3) is 0.167. The van der Waals surface area contributed by atoms with Gasteiger partial charge in [0.1, 0.15) is 12.9 Å². The van der Waals surface area contributed by atoms with E-state index in [1.165, 1.54) is 6.07 Å². The largest absolute Gasteiger partial charge is 0.301 e. The molecule has 0 aliphatic carbocycles. The molecule has 0 atom stereocenters. The molecule has 0 bridgehead atoms. The van der Waals surface area contributed by atoms with Crippen molar-refractivity contribution >= 4 is 21.6 Å². The third-order valence-corrected chi connectivity index (χ3v) is 1.86. The molecule has 0 aliphatic rings. The van der Waals surface area contributed by atoms with Gasteiger partial charge in [0, 0.05) is 0 Å². The van der Waals surface area contributed by atoms with Crippen LogP contribution >= 0.6 is 15.9 Å². The van der Waals surface area contributed by atoms with Gasteiger partial charge in [-0.3, -0.25) is 15.1 Å². The van der Waals surface area contributed by atoms with Gasteiger partial charge in [0.2, 0.25) is 0 Å². The van der Waals surface area contributed by atoms with Gasteiger partial charge >= 0.3 is 5.69 Å². The summed E-state index contributed by atoms with van der Waals surface area (Å²) < 4.78 is 12.2. The molecule has 0 saturated heterocycles. The Morgan fingerprint density at radius 3 is 2.83 bits per heavy atom. The quantitative estimate of drug-likeness (QED) is 0.583. The molecule has 0 spiro atoms. The highest BCUT2D eigenvalue weighted by atomic mass is 79.9. The van der Waals surface area contributed by atoms with Gasteiger partial charge in [-0.2, -0.15) is 0 Å². The van der Waals surface area contributed by atoms with Crippen molar-refractivity contribution in [3.63, 3.8) is 0 Å². The van der Waals surface area contributed by atoms with E-state index < -0.39 is 11.6 Å². The summed E-state index contributed by atoms with van der Waals surface area (Å²) in [4.78, 5) is 13.2. The minimum atomic E-state index is -0.726. The molecule has 0 aliphatic heterocycles. The molecule has 1 heterocycles. The second-order valence-corrected chi connectivity index (χ2v) is 2.87. The van der Waals surface area contributed by atoms with E-state index in [1.54, 1.807) is 0 Å². The van der Waals surface area contributed by atoms with Gasteiger partial charge in [-0.1, -0.05) is 0 Å². The van der Waals surface area contributed by atoms with Crippen LogP contribution < -0.4 is 0 Å². The van der Waals surface area contributed by atoms with Crippen molar-refractivity contribution in [3.8, 4) is 0 Å². The fourth-order valence-electron chi connectivity index (χ4n) is 0.671. The van der Waals surface area contributed by atoms with Crippen LogP contribution in [0, 0.1) is 10.1 Å². The zero-order valence-electron chi connectivity index (χ0n) is 5.83. The topological polar surface area (TPSA) is 56.0 Å². The van der Waals surface area contributed by atoms with Gasteiger partial charge in [-0.05, 0) is 22.0 Å². The lowest BCUT2D eigenvalue weighted by atomic mass is 10.3. The minimum absolute atomic E-state index is 0.160. The smallest absolute Gasteiger partial charge is 0.258 e. The third kappa shape index (κ3) is 1.76. The molecule has 0 saturated carbocycles. The maximum atomic E-state index is 12.0. The predicted molar refractivity (Wildman–Crippen MR) is 43.4 cm³/mol. The van der Waals surface area contributed by atoms with E-state index in [1.807, 2.05) is 0 Å². The molecule has 0 amide bonds. The van der Waals surface area contributed by atoms with Crippen molar-refractivity contribution < 1.29 is 9.31 Å². The zero-order chi connectivity index (χ0) is 9.14. The maximum Gasteiger partial charge on any atom is 0.301 e. The summed E-state index contributed by atoms with van der Waals surface area (Å²) in [5.41, 5.74) is 0.0136. The summed E-state index contributed by atoms with van der Waals surface area (Å²) in [7, 11) is 0. The van der Waals surface area contributed by atoms with Crippen molar-refractivity contribution in [3.05, 3.63) is 32.5 Å². The van der Waals surface area contributed by atoms with E-state index in [-0.39, 0.29) is 15.9 Å². The highest BCUT2D eigenvalue weighted by Gasteiger charge is 2.12. The predicted octanol–water partition coefficient (Wildman–Crippen LogP) is 2.22.